The van der Waals surface area contributed by atoms with Crippen molar-refractivity contribution in [2.45, 2.75) is 5.92 Å². The molecule has 1 unspecified atom stereocenters. The van der Waals surface area contributed by atoms with Gasteiger partial charge in [-0.25, -0.2) is 14.5 Å². The Hall–Kier alpha value is -4.78. The van der Waals surface area contributed by atoms with Crippen molar-refractivity contribution in [1.82, 2.24) is 24.6 Å². The second-order valence-electron chi connectivity index (χ2n) is 8.42. The van der Waals surface area contributed by atoms with Crippen LogP contribution in [0.25, 0.3) is 27.8 Å². The number of pyridine rings is 1. The maximum atomic E-state index is 6.48. The topological polar surface area (TPSA) is 74.4 Å². The van der Waals surface area contributed by atoms with E-state index in [1.54, 1.807) is 30.3 Å². The number of hydrogen-bond donors (Lipinski definition) is 0. The summed E-state index contributed by atoms with van der Waals surface area (Å²) in [6.45, 7) is 0. The lowest BCUT2D eigenvalue weighted by Gasteiger charge is -2.28. The summed E-state index contributed by atoms with van der Waals surface area (Å²) < 4.78 is 13.6. The zero-order valence-electron chi connectivity index (χ0n) is 18.8. The molecular formula is C28H19N5O2. The maximum Gasteiger partial charge on any atom is 0.228 e. The van der Waals surface area contributed by atoms with Crippen LogP contribution in [-0.2, 0) is 0 Å². The van der Waals surface area contributed by atoms with Gasteiger partial charge in [-0.2, -0.15) is 0 Å². The number of rotatable bonds is 3. The molecule has 0 N–H and O–H groups in total. The Balaban J connectivity index is 1.51. The molecule has 0 amide bonds. The lowest BCUT2D eigenvalue weighted by molar-refractivity contribution is 0.414. The van der Waals surface area contributed by atoms with Crippen molar-refractivity contribution in [2.75, 3.05) is 7.11 Å². The van der Waals surface area contributed by atoms with Gasteiger partial charge in [-0.1, -0.05) is 48.5 Å². The van der Waals surface area contributed by atoms with Crippen molar-refractivity contribution >= 4 is 16.4 Å². The molecule has 35 heavy (non-hydrogen) atoms. The third kappa shape index (κ3) is 3.05. The fourth-order valence-electron chi connectivity index (χ4n) is 4.81. The Bertz CT molecular complexity index is 1710. The van der Waals surface area contributed by atoms with Gasteiger partial charge in [0.2, 0.25) is 5.88 Å². The SMILES string of the molecule is COc1ccc(C2c3ccc4ccccc4c3Oc3ncn4nc(-c5cccnc5)nc4c32)cc1. The number of benzene rings is 3. The third-order valence-electron chi connectivity index (χ3n) is 6.46. The molecule has 0 saturated heterocycles. The molecule has 4 heterocycles. The fourth-order valence-corrected chi connectivity index (χ4v) is 4.81. The van der Waals surface area contributed by atoms with Crippen LogP contribution in [0.3, 0.4) is 0 Å². The summed E-state index contributed by atoms with van der Waals surface area (Å²) in [6.07, 6.45) is 5.15. The highest BCUT2D eigenvalue weighted by Crippen LogP contribution is 2.50. The molecule has 0 saturated carbocycles. The van der Waals surface area contributed by atoms with E-state index in [0.29, 0.717) is 17.4 Å². The molecule has 3 aromatic heterocycles. The zero-order valence-corrected chi connectivity index (χ0v) is 18.8. The number of nitrogens with zero attached hydrogens (tertiary/aromatic N) is 5. The standard InChI is InChI=1S/C28H19N5O2/c1-34-20-11-8-18(9-12-20)23-22-13-10-17-5-2-3-7-21(17)25(22)35-28-24(23)27-31-26(32-33(27)16-30-28)19-6-4-14-29-15-19/h2-16,23H,1H3. The first-order valence-electron chi connectivity index (χ1n) is 11.3. The molecule has 7 nitrogen and oxygen atoms in total. The molecular weight excluding hydrogens is 438 g/mol. The van der Waals surface area contributed by atoms with Gasteiger partial charge < -0.3 is 9.47 Å². The molecule has 0 spiro atoms. The van der Waals surface area contributed by atoms with Crippen LogP contribution in [0.1, 0.15) is 22.6 Å². The normalized spacial score (nSPS) is 14.4. The number of ether oxygens (including phenoxy) is 2. The van der Waals surface area contributed by atoms with E-state index in [4.69, 9.17) is 14.5 Å². The van der Waals surface area contributed by atoms with E-state index in [-0.39, 0.29) is 5.92 Å². The molecule has 0 aliphatic carbocycles. The Morgan fingerprint density at radius 3 is 2.66 bits per heavy atom. The summed E-state index contributed by atoms with van der Waals surface area (Å²) >= 11 is 0. The average Bonchev–Trinajstić information content (AvgIpc) is 3.37. The average molecular weight is 457 g/mol. The first kappa shape index (κ1) is 19.7. The van der Waals surface area contributed by atoms with E-state index in [9.17, 15) is 0 Å². The van der Waals surface area contributed by atoms with Crippen LogP contribution in [0.4, 0.5) is 0 Å². The summed E-state index contributed by atoms with van der Waals surface area (Å²) in [5.74, 6) is 2.60. The number of aromatic nitrogens is 5. The lowest BCUT2D eigenvalue weighted by atomic mass is 9.83. The van der Waals surface area contributed by atoms with Crippen LogP contribution in [0.5, 0.6) is 17.4 Å². The fraction of sp³-hybridized carbons (Fsp3) is 0.0714. The predicted molar refractivity (Wildman–Crippen MR) is 132 cm³/mol. The lowest BCUT2D eigenvalue weighted by Crippen LogP contribution is -2.15. The first-order valence-corrected chi connectivity index (χ1v) is 11.3. The number of methoxy groups -OCH3 is 1. The molecule has 0 radical (unpaired) electrons. The minimum atomic E-state index is -0.147. The van der Waals surface area contributed by atoms with E-state index in [2.05, 4.69) is 51.5 Å². The largest absolute Gasteiger partial charge is 0.497 e. The third-order valence-corrected chi connectivity index (χ3v) is 6.46. The van der Waals surface area contributed by atoms with Crippen molar-refractivity contribution in [2.24, 2.45) is 0 Å². The van der Waals surface area contributed by atoms with Crippen molar-refractivity contribution in [3.8, 4) is 28.8 Å². The smallest absolute Gasteiger partial charge is 0.228 e. The van der Waals surface area contributed by atoms with Crippen molar-refractivity contribution in [1.29, 1.82) is 0 Å². The Kier molecular flexibility index (Phi) is 4.29. The molecule has 1 aliphatic heterocycles. The van der Waals surface area contributed by atoms with Gasteiger partial charge in [0.05, 0.1) is 12.7 Å². The first-order chi connectivity index (χ1) is 17.3. The predicted octanol–water partition coefficient (Wildman–Crippen LogP) is 5.63. The second kappa shape index (κ2) is 7.63. The van der Waals surface area contributed by atoms with E-state index >= 15 is 0 Å². The highest BCUT2D eigenvalue weighted by molar-refractivity contribution is 5.91. The van der Waals surface area contributed by atoms with Gasteiger partial charge >= 0.3 is 0 Å². The quantitative estimate of drug-likeness (QED) is 0.342. The van der Waals surface area contributed by atoms with Crippen molar-refractivity contribution in [3.63, 3.8) is 0 Å². The second-order valence-corrected chi connectivity index (χ2v) is 8.42. The highest BCUT2D eigenvalue weighted by atomic mass is 16.5. The van der Waals surface area contributed by atoms with E-state index in [1.807, 2.05) is 36.4 Å². The number of fused-ring (bicyclic) bond motifs is 6. The van der Waals surface area contributed by atoms with Crippen LogP contribution in [0.2, 0.25) is 0 Å². The Morgan fingerprint density at radius 1 is 0.943 bits per heavy atom. The Morgan fingerprint density at radius 2 is 1.83 bits per heavy atom. The van der Waals surface area contributed by atoms with E-state index < -0.39 is 0 Å². The monoisotopic (exact) mass is 457 g/mol. The highest BCUT2D eigenvalue weighted by Gasteiger charge is 2.34. The summed E-state index contributed by atoms with van der Waals surface area (Å²) in [7, 11) is 1.67. The molecule has 6 aromatic rings. The van der Waals surface area contributed by atoms with Gasteiger partial charge in [-0.05, 0) is 35.2 Å². The minimum absolute atomic E-state index is 0.147. The van der Waals surface area contributed by atoms with Crippen LogP contribution < -0.4 is 9.47 Å². The molecule has 1 atom stereocenters. The molecule has 0 bridgehead atoms. The van der Waals surface area contributed by atoms with Gasteiger partial charge in [0.15, 0.2) is 11.5 Å². The summed E-state index contributed by atoms with van der Waals surface area (Å²) in [4.78, 5) is 13.8. The van der Waals surface area contributed by atoms with E-state index in [0.717, 1.165) is 44.5 Å². The van der Waals surface area contributed by atoms with Gasteiger partial charge in [0, 0.05) is 34.8 Å². The summed E-state index contributed by atoms with van der Waals surface area (Å²) in [5.41, 5.74) is 4.57. The number of hydrogen-bond acceptors (Lipinski definition) is 6. The molecule has 0 fully saturated rings. The van der Waals surface area contributed by atoms with Gasteiger partial charge in [0.1, 0.15) is 17.8 Å². The van der Waals surface area contributed by atoms with Crippen molar-refractivity contribution in [3.05, 3.63) is 108 Å². The van der Waals surface area contributed by atoms with Gasteiger partial charge in [-0.3, -0.25) is 4.98 Å². The molecule has 7 rings (SSSR count). The van der Waals surface area contributed by atoms with Gasteiger partial charge in [0.25, 0.3) is 0 Å². The zero-order chi connectivity index (χ0) is 23.4. The molecule has 168 valence electrons. The van der Waals surface area contributed by atoms with E-state index in [1.165, 1.54) is 0 Å². The van der Waals surface area contributed by atoms with Crippen LogP contribution in [-0.4, -0.2) is 31.7 Å². The van der Waals surface area contributed by atoms with Crippen molar-refractivity contribution < 1.29 is 9.47 Å². The minimum Gasteiger partial charge on any atom is -0.497 e. The molecule has 7 heteroatoms. The molecule has 3 aromatic carbocycles. The van der Waals surface area contributed by atoms with Gasteiger partial charge in [-0.15, -0.1) is 5.10 Å². The molecule has 1 aliphatic rings. The Labute approximate surface area is 200 Å². The van der Waals surface area contributed by atoms with Crippen LogP contribution >= 0.6 is 0 Å². The van der Waals surface area contributed by atoms with Crippen LogP contribution in [0.15, 0.2) is 91.5 Å². The van der Waals surface area contributed by atoms with Crippen LogP contribution in [0, 0.1) is 0 Å². The summed E-state index contributed by atoms with van der Waals surface area (Å²) in [5, 5.41) is 6.85. The maximum absolute atomic E-state index is 6.48. The summed E-state index contributed by atoms with van der Waals surface area (Å²) in [6, 6.07) is 24.4.